The van der Waals surface area contributed by atoms with E-state index < -0.39 is 27.9 Å². The first-order valence-corrected chi connectivity index (χ1v) is 12.2. The Labute approximate surface area is 197 Å². The Morgan fingerprint density at radius 2 is 1.76 bits per heavy atom. The number of benzene rings is 3. The maximum absolute atomic E-state index is 13.6. The Balaban J connectivity index is 1.71. The van der Waals surface area contributed by atoms with Gasteiger partial charge in [0.15, 0.2) is 0 Å². The zero-order valence-electron chi connectivity index (χ0n) is 19.1. The molecule has 3 aromatic carbocycles. The van der Waals surface area contributed by atoms with Gasteiger partial charge < -0.3 is 14.5 Å². The number of hydrogen-bond acceptors (Lipinski definition) is 5. The van der Waals surface area contributed by atoms with E-state index in [1.54, 1.807) is 18.2 Å². The lowest BCUT2D eigenvalue weighted by molar-refractivity contribution is -0.139. The van der Waals surface area contributed by atoms with Gasteiger partial charge in [0.1, 0.15) is 11.9 Å². The molecule has 0 spiro atoms. The Bertz CT molecular complexity index is 1310. The molecule has 1 heterocycles. The fourth-order valence-electron chi connectivity index (χ4n) is 4.19. The van der Waals surface area contributed by atoms with Gasteiger partial charge in [-0.05, 0) is 37.7 Å². The second-order valence-corrected chi connectivity index (χ2v) is 10.3. The molecule has 6 nitrogen and oxygen atoms in total. The number of fused-ring (bicyclic) bond motifs is 1. The summed E-state index contributed by atoms with van der Waals surface area (Å²) in [7, 11) is 1.49. The van der Waals surface area contributed by atoms with E-state index in [-0.39, 0.29) is 16.3 Å². The van der Waals surface area contributed by atoms with Crippen LogP contribution in [0.5, 0.6) is 5.75 Å². The molecule has 0 saturated carbocycles. The average molecular weight is 494 g/mol. The van der Waals surface area contributed by atoms with Crippen molar-refractivity contribution in [2.24, 2.45) is 0 Å². The SMILES string of the molecule is CN1CCC(Oc2cc(NS(=O)(=O)c3cccc4c(N(C)C)cccc34)ccc2C(F)(F)F)C1. The Morgan fingerprint density at radius 1 is 1.06 bits per heavy atom. The largest absolute Gasteiger partial charge is 0.488 e. The minimum absolute atomic E-state index is 0.00452. The van der Waals surface area contributed by atoms with E-state index in [1.807, 2.05) is 43.1 Å². The van der Waals surface area contributed by atoms with E-state index in [4.69, 9.17) is 4.74 Å². The third-order valence-electron chi connectivity index (χ3n) is 5.81. The van der Waals surface area contributed by atoms with Gasteiger partial charge in [0.2, 0.25) is 0 Å². The highest BCUT2D eigenvalue weighted by Gasteiger charge is 2.36. The minimum Gasteiger partial charge on any atom is -0.488 e. The van der Waals surface area contributed by atoms with Crippen molar-refractivity contribution >= 4 is 32.2 Å². The highest BCUT2D eigenvalue weighted by Crippen LogP contribution is 2.39. The van der Waals surface area contributed by atoms with Crippen LogP contribution in [0.3, 0.4) is 0 Å². The fourth-order valence-corrected chi connectivity index (χ4v) is 5.46. The topological polar surface area (TPSA) is 61.9 Å². The van der Waals surface area contributed by atoms with Crippen molar-refractivity contribution in [1.29, 1.82) is 0 Å². The van der Waals surface area contributed by atoms with Crippen LogP contribution in [-0.2, 0) is 16.2 Å². The number of rotatable bonds is 6. The monoisotopic (exact) mass is 493 g/mol. The molecule has 0 aromatic heterocycles. The first-order valence-electron chi connectivity index (χ1n) is 10.7. The predicted molar refractivity (Wildman–Crippen MR) is 127 cm³/mol. The summed E-state index contributed by atoms with van der Waals surface area (Å²) >= 11 is 0. The molecular formula is C24H26F3N3O3S. The summed E-state index contributed by atoms with van der Waals surface area (Å²) in [6.45, 7) is 1.21. The van der Waals surface area contributed by atoms with E-state index in [1.165, 1.54) is 6.07 Å². The third kappa shape index (κ3) is 4.92. The first-order chi connectivity index (χ1) is 16.0. The Morgan fingerprint density at radius 3 is 2.41 bits per heavy atom. The lowest BCUT2D eigenvalue weighted by atomic mass is 10.1. The fraction of sp³-hybridized carbons (Fsp3) is 0.333. The van der Waals surface area contributed by atoms with Gasteiger partial charge in [-0.15, -0.1) is 0 Å². The molecule has 0 radical (unpaired) electrons. The van der Waals surface area contributed by atoms with Gasteiger partial charge in [0, 0.05) is 49.7 Å². The molecule has 1 atom stereocenters. The van der Waals surface area contributed by atoms with Crippen molar-refractivity contribution < 1.29 is 26.3 Å². The molecule has 1 fully saturated rings. The number of nitrogens with zero attached hydrogens (tertiary/aromatic N) is 2. The summed E-state index contributed by atoms with van der Waals surface area (Å²) in [6.07, 6.45) is -4.44. The zero-order valence-corrected chi connectivity index (χ0v) is 19.9. The van der Waals surface area contributed by atoms with Crippen LogP contribution in [0.25, 0.3) is 10.8 Å². The van der Waals surface area contributed by atoms with Gasteiger partial charge in [-0.1, -0.05) is 24.3 Å². The van der Waals surface area contributed by atoms with Gasteiger partial charge >= 0.3 is 6.18 Å². The summed E-state index contributed by atoms with van der Waals surface area (Å²) < 4.78 is 75.4. The highest BCUT2D eigenvalue weighted by atomic mass is 32.2. The van der Waals surface area contributed by atoms with Crippen molar-refractivity contribution in [3.8, 4) is 5.75 Å². The number of anilines is 2. The molecule has 10 heteroatoms. The maximum atomic E-state index is 13.6. The van der Waals surface area contributed by atoms with Crippen LogP contribution in [0, 0.1) is 0 Å². The number of halogens is 3. The molecule has 0 amide bonds. The molecule has 0 bridgehead atoms. The first kappa shape index (κ1) is 24.2. The van der Waals surface area contributed by atoms with E-state index in [2.05, 4.69) is 4.72 Å². The number of ether oxygens (including phenoxy) is 1. The summed E-state index contributed by atoms with van der Waals surface area (Å²) in [6, 6.07) is 13.3. The number of likely N-dealkylation sites (tertiary alicyclic amines) is 1. The molecule has 1 aliphatic heterocycles. The molecule has 1 N–H and O–H groups in total. The maximum Gasteiger partial charge on any atom is 0.419 e. The normalized spacial score (nSPS) is 17.2. The van der Waals surface area contributed by atoms with Crippen LogP contribution < -0.4 is 14.4 Å². The molecular weight excluding hydrogens is 467 g/mol. The molecule has 3 aromatic rings. The van der Waals surface area contributed by atoms with Crippen molar-refractivity contribution in [3.05, 3.63) is 60.2 Å². The van der Waals surface area contributed by atoms with Gasteiger partial charge in [-0.3, -0.25) is 4.72 Å². The molecule has 34 heavy (non-hydrogen) atoms. The van der Waals surface area contributed by atoms with Crippen LogP contribution in [0.2, 0.25) is 0 Å². The van der Waals surface area contributed by atoms with Crippen molar-refractivity contribution in [3.63, 3.8) is 0 Å². The molecule has 1 unspecified atom stereocenters. The Hall–Kier alpha value is -2.98. The Kier molecular flexibility index (Phi) is 6.39. The number of likely N-dealkylation sites (N-methyl/N-ethyl adjacent to an activating group) is 1. The van der Waals surface area contributed by atoms with Crippen molar-refractivity contribution in [2.45, 2.75) is 23.6 Å². The smallest absolute Gasteiger partial charge is 0.419 e. The van der Waals surface area contributed by atoms with Crippen LogP contribution in [0.15, 0.2) is 59.5 Å². The molecule has 182 valence electrons. The summed E-state index contributed by atoms with van der Waals surface area (Å²) in [5.74, 6) is -0.388. The second kappa shape index (κ2) is 8.99. The van der Waals surface area contributed by atoms with E-state index in [0.29, 0.717) is 24.9 Å². The molecule has 1 aliphatic rings. The molecule has 4 rings (SSSR count). The quantitative estimate of drug-likeness (QED) is 0.534. The summed E-state index contributed by atoms with van der Waals surface area (Å²) in [5, 5.41) is 1.26. The van der Waals surface area contributed by atoms with Gasteiger partial charge in [0.25, 0.3) is 10.0 Å². The molecule has 1 saturated heterocycles. The third-order valence-corrected chi connectivity index (χ3v) is 7.25. The van der Waals surface area contributed by atoms with Crippen molar-refractivity contribution in [1.82, 2.24) is 4.90 Å². The number of hydrogen-bond donors (Lipinski definition) is 1. The number of nitrogens with one attached hydrogen (secondary N) is 1. The lowest BCUT2D eigenvalue weighted by Gasteiger charge is -2.20. The minimum atomic E-state index is -4.63. The van der Waals surface area contributed by atoms with Crippen LogP contribution in [0.4, 0.5) is 24.5 Å². The second-order valence-electron chi connectivity index (χ2n) is 8.63. The zero-order chi connectivity index (χ0) is 24.7. The summed E-state index contributed by atoms with van der Waals surface area (Å²) in [5.41, 5.74) is -0.0952. The van der Waals surface area contributed by atoms with E-state index in [9.17, 15) is 21.6 Å². The van der Waals surface area contributed by atoms with Crippen LogP contribution in [-0.4, -0.2) is 53.7 Å². The number of alkyl halides is 3. The summed E-state index contributed by atoms with van der Waals surface area (Å²) in [4.78, 5) is 3.88. The van der Waals surface area contributed by atoms with E-state index >= 15 is 0 Å². The van der Waals surface area contributed by atoms with Gasteiger partial charge in [-0.2, -0.15) is 13.2 Å². The van der Waals surface area contributed by atoms with Gasteiger partial charge in [-0.25, -0.2) is 8.42 Å². The lowest BCUT2D eigenvalue weighted by Crippen LogP contribution is -2.23. The average Bonchev–Trinajstić information content (AvgIpc) is 3.16. The van der Waals surface area contributed by atoms with E-state index in [0.717, 1.165) is 29.3 Å². The van der Waals surface area contributed by atoms with Crippen LogP contribution in [0.1, 0.15) is 12.0 Å². The van der Waals surface area contributed by atoms with Crippen LogP contribution >= 0.6 is 0 Å². The van der Waals surface area contributed by atoms with Crippen molar-refractivity contribution in [2.75, 3.05) is 43.9 Å². The van der Waals surface area contributed by atoms with Gasteiger partial charge in [0.05, 0.1) is 16.1 Å². The molecule has 0 aliphatic carbocycles. The standard InChI is InChI=1S/C24H26F3N3O3S/c1-29(2)21-8-4-7-19-18(21)6-5-9-23(19)34(31,32)28-16-10-11-20(24(25,26)27)22(14-16)33-17-12-13-30(3)15-17/h4-11,14,17,28H,12-13,15H2,1-3H3. The number of sulfonamides is 1. The predicted octanol–water partition coefficient (Wildman–Crippen LogP) is 4.81. The highest BCUT2D eigenvalue weighted by molar-refractivity contribution is 7.93.